The molecule has 2 atom stereocenters. The predicted molar refractivity (Wildman–Crippen MR) is 154 cm³/mol. The zero-order valence-electron chi connectivity index (χ0n) is 23.0. The van der Waals surface area contributed by atoms with Gasteiger partial charge in [0.25, 0.3) is 0 Å². The molecule has 1 aliphatic heterocycles. The van der Waals surface area contributed by atoms with E-state index >= 15 is 0 Å². The minimum Gasteiger partial charge on any atom is -0.299 e. The zero-order valence-corrected chi connectivity index (χ0v) is 24.6. The molecule has 0 radical (unpaired) electrons. The van der Waals surface area contributed by atoms with Gasteiger partial charge >= 0.3 is 0 Å². The van der Waals surface area contributed by atoms with E-state index in [9.17, 15) is 26.9 Å². The van der Waals surface area contributed by atoms with E-state index in [1.807, 2.05) is 6.07 Å². The summed E-state index contributed by atoms with van der Waals surface area (Å²) in [5.41, 5.74) is 2.56. The van der Waals surface area contributed by atoms with Crippen LogP contribution in [0.2, 0.25) is 0 Å². The smallest absolute Gasteiger partial charge is 0.241 e. The lowest BCUT2D eigenvalue weighted by Crippen LogP contribution is -2.40. The summed E-state index contributed by atoms with van der Waals surface area (Å²) in [6.45, 7) is 5.61. The number of ketones is 1. The van der Waals surface area contributed by atoms with Gasteiger partial charge in [0.1, 0.15) is 5.78 Å². The minimum atomic E-state index is -3.77. The van der Waals surface area contributed by atoms with E-state index in [1.165, 1.54) is 4.31 Å². The Morgan fingerprint density at radius 1 is 0.975 bits per heavy atom. The summed E-state index contributed by atoms with van der Waals surface area (Å²) in [6, 6.07) is 23.0. The van der Waals surface area contributed by atoms with Gasteiger partial charge in [0, 0.05) is 42.4 Å². The number of hydrogen-bond donors (Lipinski definition) is 1. The highest BCUT2D eigenvalue weighted by atomic mass is 32.2. The van der Waals surface area contributed by atoms with Crippen LogP contribution in [0.15, 0.2) is 77.7 Å². The lowest BCUT2D eigenvalue weighted by atomic mass is 9.83. The van der Waals surface area contributed by atoms with Gasteiger partial charge in [0.05, 0.1) is 22.8 Å². The molecule has 0 amide bonds. The van der Waals surface area contributed by atoms with E-state index in [4.69, 9.17) is 0 Å². The molecule has 3 aromatic rings. The molecule has 4 rings (SSSR count). The van der Waals surface area contributed by atoms with Gasteiger partial charge in [-0.3, -0.25) is 4.79 Å². The molecule has 0 aromatic heterocycles. The maximum Gasteiger partial charge on any atom is 0.241 e. The average molecular weight is 580 g/mol. The Morgan fingerprint density at radius 3 is 2.27 bits per heavy atom. The van der Waals surface area contributed by atoms with Crippen LogP contribution in [0.5, 0.6) is 0 Å². The highest BCUT2D eigenvalue weighted by molar-refractivity contribution is 7.89. The summed E-state index contributed by atoms with van der Waals surface area (Å²) in [5.74, 6) is -1.01. The lowest BCUT2D eigenvalue weighted by Gasteiger charge is -2.21. The fraction of sp³-hybridized carbons (Fsp3) is 0.333. The third-order valence-corrected chi connectivity index (χ3v) is 9.93. The van der Waals surface area contributed by atoms with E-state index in [0.29, 0.717) is 16.7 Å². The number of hydrogen-bond acceptors (Lipinski definition) is 6. The quantitative estimate of drug-likeness (QED) is 0.429. The first-order valence-electron chi connectivity index (χ1n) is 12.9. The Bertz CT molecular complexity index is 1670. The Hall–Kier alpha value is -3.36. The van der Waals surface area contributed by atoms with Gasteiger partial charge in [0.15, 0.2) is 0 Å². The molecule has 0 spiro atoms. The zero-order chi connectivity index (χ0) is 29.3. The first-order valence-corrected chi connectivity index (χ1v) is 16.2. The Morgan fingerprint density at radius 2 is 1.65 bits per heavy atom. The van der Waals surface area contributed by atoms with Crippen LogP contribution in [-0.2, 0) is 31.3 Å². The van der Waals surface area contributed by atoms with Gasteiger partial charge < -0.3 is 0 Å². The van der Waals surface area contributed by atoms with Crippen molar-refractivity contribution in [2.75, 3.05) is 19.3 Å². The molecule has 0 aliphatic carbocycles. The first-order chi connectivity index (χ1) is 18.7. The average Bonchev–Trinajstić information content (AvgIpc) is 3.35. The molecule has 0 unspecified atom stereocenters. The number of nitrogens with zero attached hydrogens (tertiary/aromatic N) is 2. The first kappa shape index (κ1) is 29.6. The van der Waals surface area contributed by atoms with Crippen LogP contribution in [-0.4, -0.2) is 51.8 Å². The van der Waals surface area contributed by atoms with E-state index in [2.05, 4.69) is 10.8 Å². The number of sulfonamides is 2. The van der Waals surface area contributed by atoms with Crippen molar-refractivity contribution in [3.8, 4) is 17.2 Å². The Balaban J connectivity index is 1.58. The normalized spacial score (nSPS) is 18.4. The molecule has 1 fully saturated rings. The van der Waals surface area contributed by atoms with Crippen LogP contribution in [0.1, 0.15) is 43.4 Å². The number of rotatable bonds is 8. The van der Waals surface area contributed by atoms with Crippen molar-refractivity contribution >= 4 is 25.8 Å². The van der Waals surface area contributed by atoms with Crippen LogP contribution in [0.25, 0.3) is 11.1 Å². The number of carbonyl (C=O) groups excluding carboxylic acids is 1. The summed E-state index contributed by atoms with van der Waals surface area (Å²) in [7, 11) is -7.27. The van der Waals surface area contributed by atoms with E-state index in [0.717, 1.165) is 17.4 Å². The van der Waals surface area contributed by atoms with Gasteiger partial charge in [-0.15, -0.1) is 0 Å². The molecular weight excluding hydrogens is 546 g/mol. The number of Topliss-reactive ketones (excluding diaryl/α,β-unsaturated/α-hetero) is 1. The molecule has 1 saturated heterocycles. The van der Waals surface area contributed by atoms with Crippen LogP contribution in [0.4, 0.5) is 0 Å². The van der Waals surface area contributed by atoms with Gasteiger partial charge in [0.2, 0.25) is 20.0 Å². The summed E-state index contributed by atoms with van der Waals surface area (Å²) >= 11 is 0. The SMILES string of the molecule is CC(C)(C)NS(=O)(=O)c1ccccc1-c1ccc(CC(=O)[C@@H]2CN(S(C)(=O)=O)C[C@H]2c2cccc(C#N)c2)cc1. The Labute approximate surface area is 236 Å². The molecule has 3 aromatic carbocycles. The van der Waals surface area contributed by atoms with E-state index in [1.54, 1.807) is 87.5 Å². The highest BCUT2D eigenvalue weighted by Gasteiger charge is 2.41. The second kappa shape index (κ2) is 11.3. The van der Waals surface area contributed by atoms with Gasteiger partial charge in [-0.05, 0) is 55.7 Å². The third kappa shape index (κ3) is 6.85. The van der Waals surface area contributed by atoms with E-state index < -0.39 is 31.5 Å². The standard InChI is InChI=1S/C30H33N3O5S2/c1-30(2,3)32-40(37,38)29-11-6-5-10-25(29)23-14-12-21(13-15-23)17-28(34)27-20-33(39(4,35)36)19-26(27)24-9-7-8-22(16-24)18-31/h5-16,26-27,32H,17,19-20H2,1-4H3/t26-,27+/m0/s1. The van der Waals surface area contributed by atoms with Gasteiger partial charge in [-0.25, -0.2) is 25.9 Å². The highest BCUT2D eigenvalue weighted by Crippen LogP contribution is 2.36. The van der Waals surface area contributed by atoms with Crippen LogP contribution in [0.3, 0.4) is 0 Å². The molecule has 210 valence electrons. The number of carbonyl (C=O) groups is 1. The Kier molecular flexibility index (Phi) is 8.33. The van der Waals surface area contributed by atoms with Crippen LogP contribution in [0, 0.1) is 17.2 Å². The predicted octanol–water partition coefficient (Wildman–Crippen LogP) is 4.09. The van der Waals surface area contributed by atoms with Crippen molar-refractivity contribution < 1.29 is 21.6 Å². The fourth-order valence-electron chi connectivity index (χ4n) is 5.07. The van der Waals surface area contributed by atoms with Crippen molar-refractivity contribution in [1.82, 2.24) is 9.03 Å². The summed E-state index contributed by atoms with van der Waals surface area (Å²) in [6.07, 6.45) is 1.24. The maximum absolute atomic E-state index is 13.5. The van der Waals surface area contributed by atoms with Crippen LogP contribution < -0.4 is 4.72 Å². The second-order valence-corrected chi connectivity index (χ2v) is 14.9. The summed E-state index contributed by atoms with van der Waals surface area (Å²) in [5, 5.41) is 9.31. The molecule has 0 bridgehead atoms. The molecule has 8 nitrogen and oxygen atoms in total. The summed E-state index contributed by atoms with van der Waals surface area (Å²) in [4.78, 5) is 13.7. The van der Waals surface area contributed by atoms with Crippen molar-refractivity contribution in [3.63, 3.8) is 0 Å². The van der Waals surface area contributed by atoms with Crippen molar-refractivity contribution in [3.05, 3.63) is 89.5 Å². The molecule has 40 heavy (non-hydrogen) atoms. The van der Waals surface area contributed by atoms with Crippen molar-refractivity contribution in [2.24, 2.45) is 5.92 Å². The number of nitriles is 1. The van der Waals surface area contributed by atoms with Gasteiger partial charge in [-0.2, -0.15) is 5.26 Å². The number of benzene rings is 3. The monoisotopic (exact) mass is 579 g/mol. The molecule has 1 heterocycles. The molecular formula is C30H33N3O5S2. The second-order valence-electron chi connectivity index (χ2n) is 11.2. The summed E-state index contributed by atoms with van der Waals surface area (Å²) < 4.78 is 54.8. The third-order valence-electron chi connectivity index (χ3n) is 6.87. The number of nitrogens with one attached hydrogen (secondary N) is 1. The van der Waals surface area contributed by atoms with Gasteiger partial charge in [-0.1, -0.05) is 54.6 Å². The fourth-order valence-corrected chi connectivity index (χ4v) is 7.59. The van der Waals surface area contributed by atoms with Crippen LogP contribution >= 0.6 is 0 Å². The maximum atomic E-state index is 13.5. The van der Waals surface area contributed by atoms with Crippen molar-refractivity contribution in [2.45, 2.75) is 43.5 Å². The molecule has 1 aliphatic rings. The minimum absolute atomic E-state index is 0.0865. The largest absolute Gasteiger partial charge is 0.299 e. The topological polar surface area (TPSA) is 124 Å². The lowest BCUT2D eigenvalue weighted by molar-refractivity contribution is -0.122. The van der Waals surface area contributed by atoms with Crippen molar-refractivity contribution in [1.29, 1.82) is 5.26 Å². The molecule has 10 heteroatoms. The molecule has 0 saturated carbocycles. The molecule has 1 N–H and O–H groups in total. The van der Waals surface area contributed by atoms with E-state index in [-0.39, 0.29) is 36.1 Å².